The van der Waals surface area contributed by atoms with Crippen molar-refractivity contribution in [2.45, 2.75) is 38.1 Å². The Labute approximate surface area is 144 Å². The first-order valence-electron chi connectivity index (χ1n) is 8.80. The van der Waals surface area contributed by atoms with Crippen molar-refractivity contribution in [1.29, 1.82) is 0 Å². The van der Waals surface area contributed by atoms with Gasteiger partial charge < -0.3 is 16.0 Å². The molecule has 1 unspecified atom stereocenters. The summed E-state index contributed by atoms with van der Waals surface area (Å²) in [6.45, 7) is 4.19. The van der Waals surface area contributed by atoms with Crippen LogP contribution in [-0.2, 0) is 6.42 Å². The van der Waals surface area contributed by atoms with Gasteiger partial charge in [0.1, 0.15) is 5.82 Å². The van der Waals surface area contributed by atoms with E-state index in [0.29, 0.717) is 17.9 Å². The summed E-state index contributed by atoms with van der Waals surface area (Å²) in [6.07, 6.45) is 3.15. The second kappa shape index (κ2) is 7.62. The summed E-state index contributed by atoms with van der Waals surface area (Å²) >= 11 is 0. The lowest BCUT2D eigenvalue weighted by atomic mass is 9.93. The molecule has 0 radical (unpaired) electrons. The van der Waals surface area contributed by atoms with Gasteiger partial charge in [0.2, 0.25) is 5.95 Å². The number of nitrogens with one attached hydrogen (secondary N) is 1. The molecule has 2 atom stereocenters. The highest BCUT2D eigenvalue weighted by molar-refractivity contribution is 5.45. The van der Waals surface area contributed by atoms with Crippen LogP contribution in [0.4, 0.5) is 11.8 Å². The van der Waals surface area contributed by atoms with E-state index in [1.165, 1.54) is 5.56 Å². The summed E-state index contributed by atoms with van der Waals surface area (Å²) < 4.78 is 0. The minimum Gasteiger partial charge on any atom is -0.368 e. The highest BCUT2D eigenvalue weighted by atomic mass is 15.2. The lowest BCUT2D eigenvalue weighted by Gasteiger charge is -2.21. The molecule has 1 aliphatic rings. The summed E-state index contributed by atoms with van der Waals surface area (Å²) in [5, 5.41) is 3.34. The second-order valence-corrected chi connectivity index (χ2v) is 6.52. The number of hydrogen-bond donors (Lipinski definition) is 2. The molecule has 0 bridgehead atoms. The predicted molar refractivity (Wildman–Crippen MR) is 99.3 cm³/mol. The summed E-state index contributed by atoms with van der Waals surface area (Å²) in [6, 6.07) is 13.2. The third-order valence-corrected chi connectivity index (χ3v) is 4.91. The Morgan fingerprint density at radius 3 is 2.75 bits per heavy atom. The van der Waals surface area contributed by atoms with Crippen LogP contribution in [0.5, 0.6) is 0 Å². The van der Waals surface area contributed by atoms with Crippen LogP contribution in [-0.4, -0.2) is 36.1 Å². The molecule has 3 rings (SSSR count). The van der Waals surface area contributed by atoms with Crippen molar-refractivity contribution >= 4 is 11.8 Å². The smallest absolute Gasteiger partial charge is 0.222 e. The largest absolute Gasteiger partial charge is 0.368 e. The number of benzene rings is 1. The Bertz CT molecular complexity index is 658. The molecule has 2 aromatic rings. The van der Waals surface area contributed by atoms with Gasteiger partial charge in [0.15, 0.2) is 0 Å². The molecular weight excluding hydrogens is 298 g/mol. The van der Waals surface area contributed by atoms with Crippen LogP contribution in [0, 0.1) is 0 Å². The molecule has 1 aromatic carbocycles. The molecule has 0 amide bonds. The molecule has 5 heteroatoms. The van der Waals surface area contributed by atoms with Gasteiger partial charge in [-0.3, -0.25) is 0 Å². The van der Waals surface area contributed by atoms with Gasteiger partial charge in [0, 0.05) is 31.1 Å². The number of nitrogen functional groups attached to an aromatic ring is 1. The maximum Gasteiger partial charge on any atom is 0.222 e. The average Bonchev–Trinajstić information content (AvgIpc) is 3.09. The lowest BCUT2D eigenvalue weighted by Crippen LogP contribution is -2.30. The van der Waals surface area contributed by atoms with Crippen molar-refractivity contribution in [2.24, 2.45) is 0 Å². The van der Waals surface area contributed by atoms with E-state index >= 15 is 0 Å². The van der Waals surface area contributed by atoms with Crippen LogP contribution in [0.25, 0.3) is 0 Å². The lowest BCUT2D eigenvalue weighted by molar-refractivity contribution is 0.616. The molecule has 0 saturated carbocycles. The Kier molecular flexibility index (Phi) is 5.30. The maximum absolute atomic E-state index is 6.02. The van der Waals surface area contributed by atoms with E-state index in [0.717, 1.165) is 43.9 Å². The minimum atomic E-state index is 0.360. The fraction of sp³-hybridized carbons (Fsp3) is 0.474. The van der Waals surface area contributed by atoms with Crippen LogP contribution in [0.2, 0.25) is 0 Å². The molecule has 128 valence electrons. The van der Waals surface area contributed by atoms with Crippen LogP contribution in [0.3, 0.4) is 0 Å². The molecule has 3 N–H and O–H groups in total. The maximum atomic E-state index is 6.02. The van der Waals surface area contributed by atoms with Crippen LogP contribution in [0.15, 0.2) is 36.4 Å². The SMILES string of the molecule is CCC(Cc1ccccc1)c1cc(N2CC[C@@H](NC)C2)nc(N)n1. The third kappa shape index (κ3) is 3.85. The number of hydrogen-bond acceptors (Lipinski definition) is 5. The van der Waals surface area contributed by atoms with Crippen molar-refractivity contribution in [1.82, 2.24) is 15.3 Å². The van der Waals surface area contributed by atoms with E-state index in [2.05, 4.69) is 63.5 Å². The van der Waals surface area contributed by atoms with Crippen molar-refractivity contribution in [2.75, 3.05) is 30.8 Å². The van der Waals surface area contributed by atoms with E-state index in [-0.39, 0.29) is 0 Å². The molecule has 5 nitrogen and oxygen atoms in total. The normalized spacial score (nSPS) is 18.8. The summed E-state index contributed by atoms with van der Waals surface area (Å²) in [5.41, 5.74) is 8.40. The van der Waals surface area contributed by atoms with Gasteiger partial charge in [-0.25, -0.2) is 4.98 Å². The zero-order valence-corrected chi connectivity index (χ0v) is 14.6. The first kappa shape index (κ1) is 16.7. The molecule has 1 aromatic heterocycles. The van der Waals surface area contributed by atoms with Gasteiger partial charge >= 0.3 is 0 Å². The number of likely N-dealkylation sites (N-methyl/N-ethyl adjacent to an activating group) is 1. The first-order chi connectivity index (χ1) is 11.7. The van der Waals surface area contributed by atoms with E-state index in [1.54, 1.807) is 0 Å². The van der Waals surface area contributed by atoms with Crippen LogP contribution >= 0.6 is 0 Å². The quantitative estimate of drug-likeness (QED) is 0.854. The Balaban J connectivity index is 1.81. The second-order valence-electron chi connectivity index (χ2n) is 6.52. The minimum absolute atomic E-state index is 0.360. The number of rotatable bonds is 6. The van der Waals surface area contributed by atoms with Gasteiger partial charge in [-0.2, -0.15) is 4.98 Å². The molecule has 24 heavy (non-hydrogen) atoms. The Morgan fingerprint density at radius 1 is 1.29 bits per heavy atom. The standard InChI is InChI=1S/C19H27N5/c1-3-15(11-14-7-5-4-6-8-14)17-12-18(23-19(20)22-17)24-10-9-16(13-24)21-2/h4-8,12,15-16,21H,3,9-11,13H2,1-2H3,(H2,20,22,23)/t15?,16-/m1/s1. The van der Waals surface area contributed by atoms with Gasteiger partial charge in [0.05, 0.1) is 5.69 Å². The highest BCUT2D eigenvalue weighted by Gasteiger charge is 2.24. The summed E-state index contributed by atoms with van der Waals surface area (Å²) in [4.78, 5) is 11.3. The van der Waals surface area contributed by atoms with Crippen molar-refractivity contribution in [3.63, 3.8) is 0 Å². The summed E-state index contributed by atoms with van der Waals surface area (Å²) in [5.74, 6) is 1.70. The zero-order chi connectivity index (χ0) is 16.9. The molecule has 1 aliphatic heterocycles. The van der Waals surface area contributed by atoms with E-state index < -0.39 is 0 Å². The molecular formula is C19H27N5. The number of nitrogens with two attached hydrogens (primary N) is 1. The monoisotopic (exact) mass is 325 g/mol. The molecule has 2 heterocycles. The fourth-order valence-electron chi connectivity index (χ4n) is 3.40. The zero-order valence-electron chi connectivity index (χ0n) is 14.6. The van der Waals surface area contributed by atoms with Crippen molar-refractivity contribution in [3.05, 3.63) is 47.7 Å². The van der Waals surface area contributed by atoms with E-state index in [9.17, 15) is 0 Å². The van der Waals surface area contributed by atoms with Gasteiger partial charge in [-0.05, 0) is 31.9 Å². The van der Waals surface area contributed by atoms with Gasteiger partial charge in [-0.15, -0.1) is 0 Å². The van der Waals surface area contributed by atoms with Gasteiger partial charge in [-0.1, -0.05) is 37.3 Å². The highest BCUT2D eigenvalue weighted by Crippen LogP contribution is 2.27. The van der Waals surface area contributed by atoms with Gasteiger partial charge in [0.25, 0.3) is 0 Å². The third-order valence-electron chi connectivity index (χ3n) is 4.91. The molecule has 0 aliphatic carbocycles. The number of nitrogens with zero attached hydrogens (tertiary/aromatic N) is 3. The molecule has 1 saturated heterocycles. The molecule has 0 spiro atoms. The number of aromatic nitrogens is 2. The molecule has 1 fully saturated rings. The topological polar surface area (TPSA) is 67.1 Å². The Morgan fingerprint density at radius 2 is 2.08 bits per heavy atom. The van der Waals surface area contributed by atoms with Crippen LogP contribution < -0.4 is 16.0 Å². The number of anilines is 2. The first-order valence-corrected chi connectivity index (χ1v) is 8.80. The van der Waals surface area contributed by atoms with E-state index in [4.69, 9.17) is 5.73 Å². The van der Waals surface area contributed by atoms with Crippen molar-refractivity contribution in [3.8, 4) is 0 Å². The van der Waals surface area contributed by atoms with Crippen molar-refractivity contribution < 1.29 is 0 Å². The fourth-order valence-corrected chi connectivity index (χ4v) is 3.40. The predicted octanol–water partition coefficient (Wildman–Crippen LogP) is 2.59. The van der Waals surface area contributed by atoms with Crippen LogP contribution in [0.1, 0.15) is 36.9 Å². The average molecular weight is 325 g/mol. The van der Waals surface area contributed by atoms with E-state index in [1.807, 2.05) is 7.05 Å². The summed E-state index contributed by atoms with van der Waals surface area (Å²) in [7, 11) is 2.01. The Hall–Kier alpha value is -2.14.